The Morgan fingerprint density at radius 2 is 1.79 bits per heavy atom. The molecule has 9 heteroatoms. The molecule has 0 bridgehead atoms. The molecule has 0 saturated carbocycles. The van der Waals surface area contributed by atoms with Crippen LogP contribution in [0.4, 0.5) is 4.79 Å². The predicted molar refractivity (Wildman–Crippen MR) is 102 cm³/mol. The van der Waals surface area contributed by atoms with E-state index in [-0.39, 0.29) is 25.2 Å². The number of ether oxygens (including phenoxy) is 1. The van der Waals surface area contributed by atoms with Crippen LogP contribution in [-0.4, -0.2) is 51.1 Å². The Labute approximate surface area is 161 Å². The highest BCUT2D eigenvalue weighted by atomic mass is 16.5. The Hall–Kier alpha value is -3.10. The molecule has 1 aromatic heterocycles. The summed E-state index contributed by atoms with van der Waals surface area (Å²) >= 11 is 0. The van der Waals surface area contributed by atoms with E-state index in [9.17, 15) is 19.2 Å². The summed E-state index contributed by atoms with van der Waals surface area (Å²) in [6.45, 7) is 4.82. The van der Waals surface area contributed by atoms with Gasteiger partial charge in [-0.2, -0.15) is 0 Å². The number of carbonyl (C=O) groups excluding carboxylic acids is 3. The highest BCUT2D eigenvalue weighted by Crippen LogP contribution is 2.14. The lowest BCUT2D eigenvalue weighted by Crippen LogP contribution is -2.41. The van der Waals surface area contributed by atoms with Crippen molar-refractivity contribution < 1.29 is 19.1 Å². The molecule has 1 N–H and O–H groups in total. The number of imide groups is 1. The number of para-hydroxylation sites is 2. The Morgan fingerprint density at radius 3 is 2.36 bits per heavy atom. The Balaban J connectivity index is 1.66. The van der Waals surface area contributed by atoms with E-state index in [2.05, 4.69) is 5.32 Å². The van der Waals surface area contributed by atoms with Gasteiger partial charge in [0.1, 0.15) is 0 Å². The molecular weight excluding hydrogens is 364 g/mol. The molecule has 1 fully saturated rings. The number of amides is 3. The molecule has 3 rings (SSSR count). The van der Waals surface area contributed by atoms with Gasteiger partial charge < -0.3 is 10.1 Å². The van der Waals surface area contributed by atoms with Crippen LogP contribution >= 0.6 is 0 Å². The maximum atomic E-state index is 12.7. The zero-order chi connectivity index (χ0) is 20.3. The highest BCUT2D eigenvalue weighted by Gasteiger charge is 2.31. The number of fused-ring (bicyclic) bond motifs is 1. The number of aryl methyl sites for hydroxylation is 2. The van der Waals surface area contributed by atoms with E-state index in [4.69, 9.17) is 4.74 Å². The number of aromatic nitrogens is 2. The first-order valence-corrected chi connectivity index (χ1v) is 9.40. The third-order valence-corrected chi connectivity index (χ3v) is 4.69. The SMILES string of the molecule is CCCn1c(=O)n(CCC(=O)O[C@H](C)C(=O)N2CCNC2=O)c2ccccc21. The first kappa shape index (κ1) is 19.7. The molecule has 9 nitrogen and oxygen atoms in total. The van der Waals surface area contributed by atoms with Crippen LogP contribution in [0.2, 0.25) is 0 Å². The maximum Gasteiger partial charge on any atom is 0.329 e. The largest absolute Gasteiger partial charge is 0.452 e. The van der Waals surface area contributed by atoms with Gasteiger partial charge in [-0.15, -0.1) is 0 Å². The van der Waals surface area contributed by atoms with Gasteiger partial charge in [-0.3, -0.25) is 23.6 Å². The average molecular weight is 388 g/mol. The first-order chi connectivity index (χ1) is 13.4. The zero-order valence-electron chi connectivity index (χ0n) is 16.0. The van der Waals surface area contributed by atoms with Gasteiger partial charge in [0.25, 0.3) is 5.91 Å². The number of urea groups is 1. The van der Waals surface area contributed by atoms with Gasteiger partial charge in [-0.05, 0) is 25.5 Å². The molecule has 1 saturated heterocycles. The molecule has 28 heavy (non-hydrogen) atoms. The molecule has 1 aromatic carbocycles. The summed E-state index contributed by atoms with van der Waals surface area (Å²) in [5.74, 6) is -1.15. The maximum absolute atomic E-state index is 12.7. The summed E-state index contributed by atoms with van der Waals surface area (Å²) in [6.07, 6.45) is -0.293. The summed E-state index contributed by atoms with van der Waals surface area (Å²) in [5, 5.41) is 2.53. The standard InChI is InChI=1S/C19H24N4O5/c1-3-10-21-14-6-4-5-7-15(14)22(19(21)27)11-8-16(24)28-13(2)17(25)23-12-9-20-18(23)26/h4-7,13H,3,8-12H2,1-2H3,(H,20,26)/t13-/m1/s1. The molecule has 1 atom stereocenters. The quantitative estimate of drug-likeness (QED) is 0.715. The molecular formula is C19H24N4O5. The molecule has 0 radical (unpaired) electrons. The Bertz CT molecular complexity index is 961. The van der Waals surface area contributed by atoms with Crippen LogP contribution in [0.5, 0.6) is 0 Å². The monoisotopic (exact) mass is 388 g/mol. The van der Waals surface area contributed by atoms with Crippen molar-refractivity contribution >= 4 is 28.9 Å². The van der Waals surface area contributed by atoms with E-state index >= 15 is 0 Å². The van der Waals surface area contributed by atoms with E-state index in [1.807, 2.05) is 31.2 Å². The second kappa shape index (κ2) is 8.28. The van der Waals surface area contributed by atoms with Crippen LogP contribution in [0.1, 0.15) is 26.7 Å². The molecule has 1 aliphatic heterocycles. The molecule has 0 unspecified atom stereocenters. The molecule has 1 aliphatic rings. The number of esters is 1. The minimum atomic E-state index is -1.06. The topological polar surface area (TPSA) is 103 Å². The lowest BCUT2D eigenvalue weighted by molar-refractivity contribution is -0.157. The van der Waals surface area contributed by atoms with Crippen LogP contribution in [0.25, 0.3) is 11.0 Å². The molecule has 0 spiro atoms. The van der Waals surface area contributed by atoms with Crippen molar-refractivity contribution in [1.29, 1.82) is 0 Å². The van der Waals surface area contributed by atoms with E-state index in [1.54, 1.807) is 9.13 Å². The van der Waals surface area contributed by atoms with Crippen molar-refractivity contribution in [3.8, 4) is 0 Å². The number of nitrogens with one attached hydrogen (secondary N) is 1. The van der Waals surface area contributed by atoms with Crippen molar-refractivity contribution in [2.45, 2.75) is 45.9 Å². The molecule has 3 amide bonds. The minimum Gasteiger partial charge on any atom is -0.452 e. The minimum absolute atomic E-state index is 0.0517. The number of benzene rings is 1. The van der Waals surface area contributed by atoms with Gasteiger partial charge in [0.15, 0.2) is 6.10 Å². The van der Waals surface area contributed by atoms with Crippen LogP contribution < -0.4 is 11.0 Å². The first-order valence-electron chi connectivity index (χ1n) is 9.40. The van der Waals surface area contributed by atoms with Crippen molar-refractivity contribution in [1.82, 2.24) is 19.4 Å². The van der Waals surface area contributed by atoms with Gasteiger partial charge in [-0.1, -0.05) is 19.1 Å². The van der Waals surface area contributed by atoms with Crippen LogP contribution in [-0.2, 0) is 27.4 Å². The van der Waals surface area contributed by atoms with Crippen molar-refractivity contribution in [3.05, 3.63) is 34.7 Å². The number of nitrogens with zero attached hydrogens (tertiary/aromatic N) is 3. The predicted octanol–water partition coefficient (Wildman–Crippen LogP) is 1.09. The fraction of sp³-hybridized carbons (Fsp3) is 0.474. The molecule has 2 aromatic rings. The lowest BCUT2D eigenvalue weighted by atomic mass is 10.3. The van der Waals surface area contributed by atoms with E-state index in [1.165, 1.54) is 6.92 Å². The van der Waals surface area contributed by atoms with Crippen LogP contribution in [0.3, 0.4) is 0 Å². The highest BCUT2D eigenvalue weighted by molar-refractivity contribution is 5.98. The van der Waals surface area contributed by atoms with Gasteiger partial charge in [0, 0.05) is 26.2 Å². The van der Waals surface area contributed by atoms with Gasteiger partial charge >= 0.3 is 17.7 Å². The van der Waals surface area contributed by atoms with E-state index < -0.39 is 24.0 Å². The third kappa shape index (κ3) is 3.78. The van der Waals surface area contributed by atoms with Crippen LogP contribution in [0.15, 0.2) is 29.1 Å². The number of rotatable bonds is 7. The van der Waals surface area contributed by atoms with Crippen LogP contribution in [0, 0.1) is 0 Å². The Kier molecular flexibility index (Phi) is 5.81. The normalized spacial score (nSPS) is 14.9. The number of imidazole rings is 1. The summed E-state index contributed by atoms with van der Waals surface area (Å²) < 4.78 is 8.41. The second-order valence-electron chi connectivity index (χ2n) is 6.68. The molecule has 2 heterocycles. The van der Waals surface area contributed by atoms with Gasteiger partial charge in [0.05, 0.1) is 17.5 Å². The summed E-state index contributed by atoms with van der Waals surface area (Å²) in [7, 11) is 0. The Morgan fingerprint density at radius 1 is 1.14 bits per heavy atom. The van der Waals surface area contributed by atoms with E-state index in [0.717, 1.165) is 22.4 Å². The van der Waals surface area contributed by atoms with Crippen molar-refractivity contribution in [2.24, 2.45) is 0 Å². The smallest absolute Gasteiger partial charge is 0.329 e. The molecule has 150 valence electrons. The van der Waals surface area contributed by atoms with Crippen molar-refractivity contribution in [2.75, 3.05) is 13.1 Å². The summed E-state index contributed by atoms with van der Waals surface area (Å²) in [6, 6.07) is 6.95. The average Bonchev–Trinajstić information content (AvgIpc) is 3.22. The van der Waals surface area contributed by atoms with Crippen molar-refractivity contribution in [3.63, 3.8) is 0 Å². The fourth-order valence-electron chi connectivity index (χ4n) is 3.34. The van der Waals surface area contributed by atoms with Gasteiger partial charge in [0.2, 0.25) is 0 Å². The van der Waals surface area contributed by atoms with Gasteiger partial charge in [-0.25, -0.2) is 9.59 Å². The third-order valence-electron chi connectivity index (χ3n) is 4.69. The fourth-order valence-corrected chi connectivity index (χ4v) is 3.34. The zero-order valence-corrected chi connectivity index (χ0v) is 16.0. The number of carbonyl (C=O) groups is 3. The lowest BCUT2D eigenvalue weighted by Gasteiger charge is -2.18. The number of hydrogen-bond donors (Lipinski definition) is 1. The summed E-state index contributed by atoms with van der Waals surface area (Å²) in [4.78, 5) is 49.7. The molecule has 0 aliphatic carbocycles. The van der Waals surface area contributed by atoms with E-state index in [0.29, 0.717) is 13.1 Å². The number of hydrogen-bond acceptors (Lipinski definition) is 5. The summed E-state index contributed by atoms with van der Waals surface area (Å²) in [5.41, 5.74) is 1.41. The second-order valence-corrected chi connectivity index (χ2v) is 6.68.